The third kappa shape index (κ3) is 3.89. The van der Waals surface area contributed by atoms with Crippen LogP contribution in [0.5, 0.6) is 0 Å². The molecule has 1 atom stereocenters. The summed E-state index contributed by atoms with van der Waals surface area (Å²) in [5.74, 6) is 0. The van der Waals surface area contributed by atoms with Gasteiger partial charge in [0.15, 0.2) is 0 Å². The topological polar surface area (TPSA) is 32.5 Å². The van der Waals surface area contributed by atoms with Crippen LogP contribution in [0.25, 0.3) is 0 Å². The van der Waals surface area contributed by atoms with Crippen LogP contribution in [-0.2, 0) is 0 Å². The van der Waals surface area contributed by atoms with Crippen LogP contribution in [0.2, 0.25) is 0 Å². The number of nitrogens with two attached hydrogens (primary N) is 1. The van der Waals surface area contributed by atoms with Crippen molar-refractivity contribution in [2.75, 3.05) is 37.8 Å². The van der Waals surface area contributed by atoms with Crippen molar-refractivity contribution >= 4 is 27.3 Å². The van der Waals surface area contributed by atoms with Crippen molar-refractivity contribution in [3.8, 4) is 0 Å². The maximum atomic E-state index is 5.77. The summed E-state index contributed by atoms with van der Waals surface area (Å²) in [6.45, 7) is 6.43. The Morgan fingerprint density at radius 1 is 1.35 bits per heavy atom. The molecule has 0 heterocycles. The Kier molecular flexibility index (Phi) is 5.28. The molecule has 0 saturated carbocycles. The van der Waals surface area contributed by atoms with Gasteiger partial charge in [0.2, 0.25) is 0 Å². The van der Waals surface area contributed by atoms with Gasteiger partial charge in [0.1, 0.15) is 0 Å². The minimum Gasteiger partial charge on any atom is -0.399 e. The predicted molar refractivity (Wildman–Crippen MR) is 79.6 cm³/mol. The Hall–Kier alpha value is -0.740. The van der Waals surface area contributed by atoms with Crippen molar-refractivity contribution < 1.29 is 0 Å². The van der Waals surface area contributed by atoms with Gasteiger partial charge in [0.05, 0.1) is 5.69 Å². The van der Waals surface area contributed by atoms with E-state index < -0.39 is 0 Å². The minimum atomic E-state index is 0.468. The highest BCUT2D eigenvalue weighted by molar-refractivity contribution is 9.10. The second kappa shape index (κ2) is 6.26. The van der Waals surface area contributed by atoms with E-state index in [1.54, 1.807) is 0 Å². The molecule has 0 bridgehead atoms. The summed E-state index contributed by atoms with van der Waals surface area (Å²) in [5, 5.41) is 0. The molecule has 4 heteroatoms. The summed E-state index contributed by atoms with van der Waals surface area (Å²) >= 11 is 3.59. The van der Waals surface area contributed by atoms with Crippen molar-refractivity contribution in [1.29, 1.82) is 0 Å². The lowest BCUT2D eigenvalue weighted by Gasteiger charge is -2.32. The van der Waals surface area contributed by atoms with E-state index in [-0.39, 0.29) is 0 Å². The van der Waals surface area contributed by atoms with Gasteiger partial charge in [-0.3, -0.25) is 0 Å². The average molecular weight is 300 g/mol. The molecule has 2 N–H and O–H groups in total. The third-order valence-corrected chi connectivity index (χ3v) is 3.42. The van der Waals surface area contributed by atoms with Gasteiger partial charge in [-0.15, -0.1) is 0 Å². The van der Waals surface area contributed by atoms with Crippen LogP contribution >= 0.6 is 15.9 Å². The molecule has 1 aromatic rings. The van der Waals surface area contributed by atoms with Gasteiger partial charge < -0.3 is 15.5 Å². The first-order valence-corrected chi connectivity index (χ1v) is 6.71. The van der Waals surface area contributed by atoms with Crippen molar-refractivity contribution in [3.05, 3.63) is 22.7 Å². The highest BCUT2D eigenvalue weighted by atomic mass is 79.9. The van der Waals surface area contributed by atoms with Crippen molar-refractivity contribution in [2.45, 2.75) is 19.9 Å². The Labute approximate surface area is 113 Å². The Balaban J connectivity index is 2.93. The van der Waals surface area contributed by atoms with Crippen molar-refractivity contribution in [2.24, 2.45) is 0 Å². The molecule has 3 nitrogen and oxygen atoms in total. The van der Waals surface area contributed by atoms with Gasteiger partial charge in [0.25, 0.3) is 0 Å². The number of hydrogen-bond acceptors (Lipinski definition) is 3. The molecule has 0 saturated heterocycles. The van der Waals surface area contributed by atoms with Crippen LogP contribution in [0.1, 0.15) is 13.8 Å². The summed E-state index contributed by atoms with van der Waals surface area (Å²) in [6.07, 6.45) is 0. The zero-order valence-electron chi connectivity index (χ0n) is 11.1. The SMILES string of the molecule is CCN(c1ccc(N)cc1Br)C(C)CN(C)C. The lowest BCUT2D eigenvalue weighted by atomic mass is 10.2. The molecule has 0 amide bonds. The van der Waals surface area contributed by atoms with Crippen molar-refractivity contribution in [3.63, 3.8) is 0 Å². The monoisotopic (exact) mass is 299 g/mol. The van der Waals surface area contributed by atoms with Crippen LogP contribution in [0, 0.1) is 0 Å². The van der Waals surface area contributed by atoms with Crippen LogP contribution < -0.4 is 10.6 Å². The highest BCUT2D eigenvalue weighted by Crippen LogP contribution is 2.29. The molecule has 0 aliphatic carbocycles. The molecule has 0 aliphatic rings. The summed E-state index contributed by atoms with van der Waals surface area (Å²) in [6, 6.07) is 6.45. The van der Waals surface area contributed by atoms with Gasteiger partial charge in [-0.2, -0.15) is 0 Å². The molecule has 1 aromatic carbocycles. The Morgan fingerprint density at radius 2 is 2.00 bits per heavy atom. The van der Waals surface area contributed by atoms with Crippen molar-refractivity contribution in [1.82, 2.24) is 4.90 Å². The zero-order valence-corrected chi connectivity index (χ0v) is 12.7. The second-order valence-corrected chi connectivity index (χ2v) is 5.46. The van der Waals surface area contributed by atoms with E-state index in [0.29, 0.717) is 6.04 Å². The first-order valence-electron chi connectivity index (χ1n) is 5.92. The molecule has 17 heavy (non-hydrogen) atoms. The molecule has 0 spiro atoms. The number of likely N-dealkylation sites (N-methyl/N-ethyl adjacent to an activating group) is 2. The number of anilines is 2. The smallest absolute Gasteiger partial charge is 0.0514 e. The van der Waals surface area contributed by atoms with Crippen LogP contribution in [0.4, 0.5) is 11.4 Å². The molecule has 96 valence electrons. The average Bonchev–Trinajstić information content (AvgIpc) is 2.21. The van der Waals surface area contributed by atoms with Gasteiger partial charge >= 0.3 is 0 Å². The standard InChI is InChI=1S/C13H22BrN3/c1-5-17(10(2)9-16(3)4)13-7-6-11(15)8-12(13)14/h6-8,10H,5,9,15H2,1-4H3. The summed E-state index contributed by atoms with van der Waals surface area (Å²) < 4.78 is 1.06. The largest absolute Gasteiger partial charge is 0.399 e. The van der Waals surface area contributed by atoms with E-state index in [9.17, 15) is 0 Å². The Morgan fingerprint density at radius 3 is 2.47 bits per heavy atom. The summed E-state index contributed by atoms with van der Waals surface area (Å²) in [5.41, 5.74) is 7.76. The fourth-order valence-electron chi connectivity index (χ4n) is 2.10. The molecule has 0 radical (unpaired) electrons. The predicted octanol–water partition coefficient (Wildman–Crippen LogP) is 2.81. The first-order chi connectivity index (χ1) is 7.95. The summed E-state index contributed by atoms with van der Waals surface area (Å²) in [4.78, 5) is 4.59. The van der Waals surface area contributed by atoms with E-state index in [1.807, 2.05) is 12.1 Å². The number of halogens is 1. The molecular formula is C13H22BrN3. The number of nitrogens with zero attached hydrogens (tertiary/aromatic N) is 2. The molecule has 0 aromatic heterocycles. The lowest BCUT2D eigenvalue weighted by Crippen LogP contribution is -2.40. The maximum Gasteiger partial charge on any atom is 0.0514 e. The van der Waals surface area contributed by atoms with E-state index in [4.69, 9.17) is 5.73 Å². The van der Waals surface area contributed by atoms with Crippen LogP contribution in [-0.4, -0.2) is 38.1 Å². The Bertz CT molecular complexity index is 366. The van der Waals surface area contributed by atoms with Crippen LogP contribution in [0.15, 0.2) is 22.7 Å². The van der Waals surface area contributed by atoms with Gasteiger partial charge in [-0.25, -0.2) is 0 Å². The highest BCUT2D eigenvalue weighted by Gasteiger charge is 2.15. The number of nitrogen functional groups attached to an aromatic ring is 1. The second-order valence-electron chi connectivity index (χ2n) is 4.61. The lowest BCUT2D eigenvalue weighted by molar-refractivity contribution is 0.373. The molecule has 1 unspecified atom stereocenters. The molecule has 0 aliphatic heterocycles. The number of hydrogen-bond donors (Lipinski definition) is 1. The van der Waals surface area contributed by atoms with Crippen LogP contribution in [0.3, 0.4) is 0 Å². The fraction of sp³-hybridized carbons (Fsp3) is 0.538. The normalized spacial score (nSPS) is 12.8. The van der Waals surface area contributed by atoms with E-state index in [0.717, 1.165) is 23.2 Å². The minimum absolute atomic E-state index is 0.468. The van der Waals surface area contributed by atoms with E-state index >= 15 is 0 Å². The molecule has 1 rings (SSSR count). The van der Waals surface area contributed by atoms with Gasteiger partial charge in [-0.1, -0.05) is 0 Å². The molecular weight excluding hydrogens is 278 g/mol. The number of benzene rings is 1. The third-order valence-electron chi connectivity index (χ3n) is 2.78. The fourth-order valence-corrected chi connectivity index (χ4v) is 2.73. The van der Waals surface area contributed by atoms with Gasteiger partial charge in [-0.05, 0) is 62.1 Å². The first kappa shape index (κ1) is 14.3. The quantitative estimate of drug-likeness (QED) is 0.849. The zero-order chi connectivity index (χ0) is 13.0. The summed E-state index contributed by atoms with van der Waals surface area (Å²) in [7, 11) is 4.20. The van der Waals surface area contributed by atoms with E-state index in [1.165, 1.54) is 5.69 Å². The van der Waals surface area contributed by atoms with Gasteiger partial charge in [0, 0.05) is 29.3 Å². The molecule has 0 fully saturated rings. The number of rotatable bonds is 5. The van der Waals surface area contributed by atoms with E-state index in [2.05, 4.69) is 59.7 Å². The maximum absolute atomic E-state index is 5.77.